The van der Waals surface area contributed by atoms with Crippen LogP contribution in [0.15, 0.2) is 30.6 Å². The van der Waals surface area contributed by atoms with Crippen molar-refractivity contribution in [1.82, 2.24) is 15.5 Å². The van der Waals surface area contributed by atoms with Gasteiger partial charge in [-0.3, -0.25) is 9.89 Å². The number of fused-ring (bicyclic) bond motifs is 1. The van der Waals surface area contributed by atoms with Crippen LogP contribution in [0.25, 0.3) is 0 Å². The maximum atomic E-state index is 12.1. The minimum absolute atomic E-state index is 0.0728. The average molecular weight is 311 g/mol. The van der Waals surface area contributed by atoms with E-state index in [0.717, 1.165) is 18.4 Å². The molecule has 4 heteroatoms. The van der Waals surface area contributed by atoms with Gasteiger partial charge in [-0.2, -0.15) is 5.10 Å². The van der Waals surface area contributed by atoms with E-state index < -0.39 is 0 Å². The largest absolute Gasteiger partial charge is 0.350 e. The summed E-state index contributed by atoms with van der Waals surface area (Å²) in [6, 6.07) is 6.76. The Labute approximate surface area is 137 Å². The van der Waals surface area contributed by atoms with E-state index in [-0.39, 0.29) is 11.9 Å². The lowest BCUT2D eigenvalue weighted by Gasteiger charge is -2.20. The van der Waals surface area contributed by atoms with Crippen molar-refractivity contribution in [3.8, 4) is 0 Å². The van der Waals surface area contributed by atoms with E-state index in [1.807, 2.05) is 12.4 Å². The van der Waals surface area contributed by atoms with Crippen LogP contribution in [0, 0.1) is 0 Å². The van der Waals surface area contributed by atoms with Crippen LogP contribution in [-0.4, -0.2) is 16.1 Å². The molecule has 0 aliphatic heterocycles. The first kappa shape index (κ1) is 15.8. The van der Waals surface area contributed by atoms with E-state index in [9.17, 15) is 4.79 Å². The summed E-state index contributed by atoms with van der Waals surface area (Å²) < 4.78 is 0. The topological polar surface area (TPSA) is 57.8 Å². The van der Waals surface area contributed by atoms with Gasteiger partial charge in [0.05, 0.1) is 12.2 Å². The summed E-state index contributed by atoms with van der Waals surface area (Å²) in [5, 5.41) is 9.83. The van der Waals surface area contributed by atoms with Crippen LogP contribution in [0.1, 0.15) is 60.9 Å². The van der Waals surface area contributed by atoms with Gasteiger partial charge in [0.25, 0.3) is 0 Å². The number of aryl methyl sites for hydroxylation is 3. The zero-order chi connectivity index (χ0) is 16.1. The summed E-state index contributed by atoms with van der Waals surface area (Å²) in [5.74, 6) is 0.124. The summed E-state index contributed by atoms with van der Waals surface area (Å²) in [4.78, 5) is 12.1. The molecule has 0 bridgehead atoms. The van der Waals surface area contributed by atoms with Gasteiger partial charge in [-0.15, -0.1) is 0 Å². The molecule has 1 aliphatic carbocycles. The predicted molar refractivity (Wildman–Crippen MR) is 91.2 cm³/mol. The summed E-state index contributed by atoms with van der Waals surface area (Å²) in [6.45, 7) is 2.07. The highest BCUT2D eigenvalue weighted by atomic mass is 16.1. The van der Waals surface area contributed by atoms with Crippen LogP contribution in [0.3, 0.4) is 0 Å². The molecule has 0 fully saturated rings. The van der Waals surface area contributed by atoms with Gasteiger partial charge in [0, 0.05) is 12.6 Å². The van der Waals surface area contributed by atoms with Gasteiger partial charge in [-0.05, 0) is 67.7 Å². The Kier molecular flexibility index (Phi) is 5.11. The Balaban J connectivity index is 1.50. The number of hydrogen-bond donors (Lipinski definition) is 2. The van der Waals surface area contributed by atoms with Crippen molar-refractivity contribution in [2.75, 3.05) is 0 Å². The maximum absolute atomic E-state index is 12.1. The predicted octanol–water partition coefficient (Wildman–Crippen LogP) is 3.49. The van der Waals surface area contributed by atoms with Gasteiger partial charge < -0.3 is 5.32 Å². The minimum Gasteiger partial charge on any atom is -0.350 e. The van der Waals surface area contributed by atoms with Crippen molar-refractivity contribution in [2.45, 2.75) is 57.9 Å². The molecule has 1 heterocycles. The third-order valence-electron chi connectivity index (χ3n) is 4.67. The zero-order valence-electron chi connectivity index (χ0n) is 13.8. The summed E-state index contributed by atoms with van der Waals surface area (Å²) >= 11 is 0. The standard InChI is InChI=1S/C19H25N3O/c1-14(17-10-9-16-6-2-3-7-18(16)11-17)22-19(23)8-4-5-15-12-20-21-13-15/h9-14H,2-8H2,1H3,(H,20,21)(H,22,23)/t14-/m1/s1. The first-order valence-electron chi connectivity index (χ1n) is 8.61. The number of nitrogens with one attached hydrogen (secondary N) is 2. The van der Waals surface area contributed by atoms with Gasteiger partial charge in [0.2, 0.25) is 5.91 Å². The van der Waals surface area contributed by atoms with Gasteiger partial charge in [0.15, 0.2) is 0 Å². The average Bonchev–Trinajstić information content (AvgIpc) is 3.07. The molecule has 0 unspecified atom stereocenters. The smallest absolute Gasteiger partial charge is 0.220 e. The third kappa shape index (κ3) is 4.21. The summed E-state index contributed by atoms with van der Waals surface area (Å²) in [5.41, 5.74) is 5.32. The van der Waals surface area contributed by atoms with E-state index in [0.29, 0.717) is 6.42 Å². The number of aromatic amines is 1. The number of benzene rings is 1. The number of carbonyl (C=O) groups excluding carboxylic acids is 1. The molecular formula is C19H25N3O. The maximum Gasteiger partial charge on any atom is 0.220 e. The van der Waals surface area contributed by atoms with Crippen LogP contribution in [0.5, 0.6) is 0 Å². The molecule has 0 saturated carbocycles. The molecule has 1 aromatic heterocycles. The number of amides is 1. The lowest BCUT2D eigenvalue weighted by Crippen LogP contribution is -2.26. The lowest BCUT2D eigenvalue weighted by molar-refractivity contribution is -0.121. The molecule has 0 radical (unpaired) electrons. The van der Waals surface area contributed by atoms with Gasteiger partial charge in [-0.1, -0.05) is 18.2 Å². The second kappa shape index (κ2) is 7.44. The van der Waals surface area contributed by atoms with Crippen molar-refractivity contribution in [3.63, 3.8) is 0 Å². The lowest BCUT2D eigenvalue weighted by atomic mass is 9.89. The quantitative estimate of drug-likeness (QED) is 0.858. The number of nitrogens with zero attached hydrogens (tertiary/aromatic N) is 1. The first-order chi connectivity index (χ1) is 11.2. The Morgan fingerprint density at radius 2 is 2.13 bits per heavy atom. The number of carbonyl (C=O) groups is 1. The van der Waals surface area contributed by atoms with Crippen molar-refractivity contribution in [3.05, 3.63) is 52.8 Å². The fraction of sp³-hybridized carbons (Fsp3) is 0.474. The van der Waals surface area contributed by atoms with E-state index in [1.54, 1.807) is 0 Å². The SMILES string of the molecule is C[C@@H](NC(=O)CCCc1cn[nH]c1)c1ccc2c(c1)CCCC2. The second-order valence-electron chi connectivity index (χ2n) is 6.48. The summed E-state index contributed by atoms with van der Waals surface area (Å²) in [6.07, 6.45) is 10.9. The van der Waals surface area contributed by atoms with Crippen LogP contribution in [0.2, 0.25) is 0 Å². The number of rotatable bonds is 6. The molecular weight excluding hydrogens is 286 g/mol. The fourth-order valence-corrected chi connectivity index (χ4v) is 3.29. The first-order valence-corrected chi connectivity index (χ1v) is 8.61. The van der Waals surface area contributed by atoms with Crippen LogP contribution in [-0.2, 0) is 24.1 Å². The molecule has 1 aliphatic rings. The van der Waals surface area contributed by atoms with Crippen molar-refractivity contribution < 1.29 is 4.79 Å². The normalized spacial score (nSPS) is 15.0. The Hall–Kier alpha value is -2.10. The molecule has 3 rings (SSSR count). The Morgan fingerprint density at radius 1 is 1.30 bits per heavy atom. The highest BCUT2D eigenvalue weighted by Crippen LogP contribution is 2.24. The van der Waals surface area contributed by atoms with Crippen molar-refractivity contribution in [1.29, 1.82) is 0 Å². The summed E-state index contributed by atoms with van der Waals surface area (Å²) in [7, 11) is 0. The van der Waals surface area contributed by atoms with Gasteiger partial charge in [-0.25, -0.2) is 0 Å². The molecule has 1 atom stereocenters. The van der Waals surface area contributed by atoms with Gasteiger partial charge >= 0.3 is 0 Å². The Bertz CT molecular complexity index is 649. The van der Waals surface area contributed by atoms with Gasteiger partial charge in [0.1, 0.15) is 0 Å². The van der Waals surface area contributed by atoms with E-state index >= 15 is 0 Å². The molecule has 1 aromatic carbocycles. The molecule has 122 valence electrons. The minimum atomic E-state index is 0.0728. The number of H-pyrrole nitrogens is 1. The molecule has 2 N–H and O–H groups in total. The highest BCUT2D eigenvalue weighted by molar-refractivity contribution is 5.76. The van der Waals surface area contributed by atoms with E-state index in [1.165, 1.54) is 42.4 Å². The number of hydrogen-bond acceptors (Lipinski definition) is 2. The second-order valence-corrected chi connectivity index (χ2v) is 6.48. The third-order valence-corrected chi connectivity index (χ3v) is 4.67. The fourth-order valence-electron chi connectivity index (χ4n) is 3.29. The molecule has 0 spiro atoms. The molecule has 4 nitrogen and oxygen atoms in total. The monoisotopic (exact) mass is 311 g/mol. The highest BCUT2D eigenvalue weighted by Gasteiger charge is 2.14. The van der Waals surface area contributed by atoms with E-state index in [4.69, 9.17) is 0 Å². The Morgan fingerprint density at radius 3 is 2.91 bits per heavy atom. The van der Waals surface area contributed by atoms with Crippen molar-refractivity contribution in [2.24, 2.45) is 0 Å². The molecule has 23 heavy (non-hydrogen) atoms. The molecule has 2 aromatic rings. The zero-order valence-corrected chi connectivity index (χ0v) is 13.8. The molecule has 0 saturated heterocycles. The van der Waals surface area contributed by atoms with E-state index in [2.05, 4.69) is 40.6 Å². The molecule has 1 amide bonds. The number of aromatic nitrogens is 2. The van der Waals surface area contributed by atoms with Crippen LogP contribution >= 0.6 is 0 Å². The van der Waals surface area contributed by atoms with Crippen LogP contribution in [0.4, 0.5) is 0 Å². The van der Waals surface area contributed by atoms with Crippen LogP contribution < -0.4 is 5.32 Å². The van der Waals surface area contributed by atoms with Crippen molar-refractivity contribution >= 4 is 5.91 Å².